The highest BCUT2D eigenvalue weighted by atomic mass is 19.4. The van der Waals surface area contributed by atoms with Crippen molar-refractivity contribution in [3.05, 3.63) is 0 Å². The Morgan fingerprint density at radius 3 is 2.35 bits per heavy atom. The van der Waals surface area contributed by atoms with Crippen LogP contribution in [0.2, 0.25) is 0 Å². The van der Waals surface area contributed by atoms with Gasteiger partial charge in [-0.3, -0.25) is 14.5 Å². The van der Waals surface area contributed by atoms with Crippen molar-refractivity contribution in [2.24, 2.45) is 0 Å². The van der Waals surface area contributed by atoms with Crippen molar-refractivity contribution >= 4 is 11.8 Å². The van der Waals surface area contributed by atoms with Crippen molar-refractivity contribution in [2.45, 2.75) is 64.8 Å². The first kappa shape index (κ1) is 19.7. The van der Waals surface area contributed by atoms with Crippen LogP contribution in [-0.2, 0) is 9.59 Å². The summed E-state index contributed by atoms with van der Waals surface area (Å²) in [6.45, 7) is 8.58. The lowest BCUT2D eigenvalue weighted by atomic mass is 10.2. The number of alkyl halides is 3. The van der Waals surface area contributed by atoms with E-state index in [1.54, 1.807) is 0 Å². The molecule has 1 rings (SSSR count). The number of hydrogen-bond donors (Lipinski definition) is 1. The third-order valence-electron chi connectivity index (χ3n) is 4.04. The molecule has 0 radical (unpaired) electrons. The summed E-state index contributed by atoms with van der Waals surface area (Å²) in [5, 5.41) is 2.60. The van der Waals surface area contributed by atoms with E-state index < -0.39 is 30.6 Å². The second-order valence-corrected chi connectivity index (χ2v) is 6.39. The van der Waals surface area contributed by atoms with E-state index in [-0.39, 0.29) is 12.8 Å². The predicted octanol–water partition coefficient (Wildman–Crippen LogP) is 1.77. The molecule has 134 valence electrons. The molecule has 5 nitrogen and oxygen atoms in total. The summed E-state index contributed by atoms with van der Waals surface area (Å²) in [4.78, 5) is 26.2. The molecule has 0 spiro atoms. The molecule has 1 heterocycles. The number of hydrogen-bond acceptors (Lipinski definition) is 3. The van der Waals surface area contributed by atoms with Crippen molar-refractivity contribution in [2.75, 3.05) is 19.6 Å². The van der Waals surface area contributed by atoms with Crippen LogP contribution in [0.25, 0.3) is 0 Å². The van der Waals surface area contributed by atoms with Crippen LogP contribution in [0.4, 0.5) is 13.2 Å². The van der Waals surface area contributed by atoms with Gasteiger partial charge in [-0.25, -0.2) is 0 Å². The molecule has 1 aliphatic heterocycles. The van der Waals surface area contributed by atoms with Crippen molar-refractivity contribution in [1.29, 1.82) is 0 Å². The van der Waals surface area contributed by atoms with Crippen molar-refractivity contribution in [1.82, 2.24) is 15.1 Å². The van der Waals surface area contributed by atoms with Crippen LogP contribution in [0.1, 0.15) is 40.5 Å². The Balaban J connectivity index is 2.48. The molecular weight excluding hydrogens is 311 g/mol. The SMILES string of the molecule is CC(C)N(CCNC(=O)CN1C(=O)CCC1C(F)(F)F)C(C)C. The summed E-state index contributed by atoms with van der Waals surface area (Å²) in [6, 6.07) is -1.23. The number of nitrogens with zero attached hydrogens (tertiary/aromatic N) is 2. The smallest absolute Gasteiger partial charge is 0.353 e. The van der Waals surface area contributed by atoms with Gasteiger partial charge in [-0.15, -0.1) is 0 Å². The minimum atomic E-state index is -4.49. The maximum absolute atomic E-state index is 12.8. The Hall–Kier alpha value is -1.31. The van der Waals surface area contributed by atoms with Gasteiger partial charge in [0.2, 0.25) is 11.8 Å². The molecule has 23 heavy (non-hydrogen) atoms. The average molecular weight is 337 g/mol. The number of carbonyl (C=O) groups excluding carboxylic acids is 2. The van der Waals surface area contributed by atoms with Gasteiger partial charge in [-0.05, 0) is 34.1 Å². The third kappa shape index (κ3) is 5.67. The number of amides is 2. The molecule has 1 unspecified atom stereocenters. The van der Waals surface area contributed by atoms with Gasteiger partial charge in [0.05, 0.1) is 0 Å². The molecule has 8 heteroatoms. The van der Waals surface area contributed by atoms with Crippen LogP contribution < -0.4 is 5.32 Å². The Kier molecular flexibility index (Phi) is 6.85. The molecule has 0 saturated carbocycles. The summed E-state index contributed by atoms with van der Waals surface area (Å²) < 4.78 is 38.5. The van der Waals surface area contributed by atoms with E-state index in [4.69, 9.17) is 0 Å². The molecule has 1 saturated heterocycles. The fourth-order valence-corrected chi connectivity index (χ4v) is 2.92. The van der Waals surface area contributed by atoms with E-state index in [2.05, 4.69) is 10.2 Å². The quantitative estimate of drug-likeness (QED) is 0.770. The number of nitrogens with one attached hydrogen (secondary N) is 1. The predicted molar refractivity (Wildman–Crippen MR) is 80.8 cm³/mol. The van der Waals surface area contributed by atoms with Crippen molar-refractivity contribution in [3.8, 4) is 0 Å². The number of rotatable bonds is 7. The fourth-order valence-electron chi connectivity index (χ4n) is 2.92. The van der Waals surface area contributed by atoms with Crippen LogP contribution in [0.5, 0.6) is 0 Å². The van der Waals surface area contributed by atoms with Gasteiger partial charge in [0.1, 0.15) is 12.6 Å². The highest BCUT2D eigenvalue weighted by molar-refractivity contribution is 5.86. The lowest BCUT2D eigenvalue weighted by Crippen LogP contribution is -2.49. The first-order chi connectivity index (χ1) is 10.5. The minimum Gasteiger partial charge on any atom is -0.353 e. The Bertz CT molecular complexity index is 417. The Morgan fingerprint density at radius 1 is 1.30 bits per heavy atom. The van der Waals surface area contributed by atoms with E-state index in [0.717, 1.165) is 0 Å². The minimum absolute atomic E-state index is 0.161. The van der Waals surface area contributed by atoms with Gasteiger partial charge >= 0.3 is 6.18 Å². The summed E-state index contributed by atoms with van der Waals surface area (Å²) >= 11 is 0. The normalized spacial score (nSPS) is 19.3. The van der Waals surface area contributed by atoms with Gasteiger partial charge in [0, 0.05) is 31.6 Å². The summed E-state index contributed by atoms with van der Waals surface area (Å²) in [6.07, 6.45) is -4.92. The fraction of sp³-hybridized carbons (Fsp3) is 0.867. The third-order valence-corrected chi connectivity index (χ3v) is 4.04. The van der Waals surface area contributed by atoms with E-state index in [9.17, 15) is 22.8 Å². The lowest BCUT2D eigenvalue weighted by Gasteiger charge is -2.30. The lowest BCUT2D eigenvalue weighted by molar-refractivity contribution is -0.181. The summed E-state index contributed by atoms with van der Waals surface area (Å²) in [5.41, 5.74) is 0. The largest absolute Gasteiger partial charge is 0.408 e. The van der Waals surface area contributed by atoms with E-state index in [0.29, 0.717) is 30.1 Å². The molecule has 0 aromatic carbocycles. The van der Waals surface area contributed by atoms with E-state index in [1.165, 1.54) is 0 Å². The molecule has 0 aliphatic carbocycles. The molecule has 1 atom stereocenters. The first-order valence-corrected chi connectivity index (χ1v) is 7.92. The van der Waals surface area contributed by atoms with Crippen LogP contribution in [0.15, 0.2) is 0 Å². The molecule has 2 amide bonds. The topological polar surface area (TPSA) is 52.7 Å². The van der Waals surface area contributed by atoms with Crippen LogP contribution in [0, 0.1) is 0 Å². The van der Waals surface area contributed by atoms with Gasteiger partial charge in [0.25, 0.3) is 0 Å². The number of likely N-dealkylation sites (tertiary alicyclic amines) is 1. The molecule has 0 bridgehead atoms. The van der Waals surface area contributed by atoms with Gasteiger partial charge < -0.3 is 10.2 Å². The second kappa shape index (κ2) is 7.99. The van der Waals surface area contributed by atoms with Gasteiger partial charge in [0.15, 0.2) is 0 Å². The van der Waals surface area contributed by atoms with Crippen LogP contribution in [-0.4, -0.2) is 65.6 Å². The zero-order valence-electron chi connectivity index (χ0n) is 14.1. The van der Waals surface area contributed by atoms with Gasteiger partial charge in [-0.1, -0.05) is 0 Å². The summed E-state index contributed by atoms with van der Waals surface area (Å²) in [5.74, 6) is -1.17. The van der Waals surface area contributed by atoms with E-state index >= 15 is 0 Å². The maximum Gasteiger partial charge on any atom is 0.408 e. The van der Waals surface area contributed by atoms with Crippen LogP contribution >= 0.6 is 0 Å². The highest BCUT2D eigenvalue weighted by Crippen LogP contribution is 2.32. The van der Waals surface area contributed by atoms with Crippen LogP contribution in [0.3, 0.4) is 0 Å². The molecular formula is C15H26F3N3O2. The molecule has 1 N–H and O–H groups in total. The second-order valence-electron chi connectivity index (χ2n) is 6.39. The number of halogens is 3. The molecule has 1 fully saturated rings. The highest BCUT2D eigenvalue weighted by Gasteiger charge is 2.49. The average Bonchev–Trinajstić information content (AvgIpc) is 2.75. The molecule has 0 aromatic heterocycles. The maximum atomic E-state index is 12.8. The van der Waals surface area contributed by atoms with Crippen molar-refractivity contribution in [3.63, 3.8) is 0 Å². The Labute approximate surface area is 135 Å². The van der Waals surface area contributed by atoms with Crippen molar-refractivity contribution < 1.29 is 22.8 Å². The Morgan fingerprint density at radius 2 is 1.87 bits per heavy atom. The monoisotopic (exact) mass is 337 g/mol. The molecule has 1 aliphatic rings. The molecule has 0 aromatic rings. The first-order valence-electron chi connectivity index (χ1n) is 7.92. The van der Waals surface area contributed by atoms with Gasteiger partial charge in [-0.2, -0.15) is 13.2 Å². The zero-order valence-corrected chi connectivity index (χ0v) is 14.1. The number of carbonyl (C=O) groups is 2. The standard InChI is InChI=1S/C15H26F3N3O2/c1-10(2)20(11(3)4)8-7-19-13(22)9-21-12(15(16,17)18)5-6-14(21)23/h10-12H,5-9H2,1-4H3,(H,19,22). The zero-order chi connectivity index (χ0) is 17.8. The summed E-state index contributed by atoms with van der Waals surface area (Å²) in [7, 11) is 0. The van der Waals surface area contributed by atoms with E-state index in [1.807, 2.05) is 27.7 Å².